The van der Waals surface area contributed by atoms with Gasteiger partial charge in [0.15, 0.2) is 5.96 Å². The highest BCUT2D eigenvalue weighted by molar-refractivity contribution is 14.0. The zero-order chi connectivity index (χ0) is 17.1. The number of hydrogen-bond donors (Lipinski definition) is 2. The number of carbonyl (C=O) groups excluding carboxylic acids is 1. The maximum Gasteiger partial charge on any atom is 0.222 e. The van der Waals surface area contributed by atoms with Crippen LogP contribution in [0, 0.1) is 0 Å². The fourth-order valence-electron chi connectivity index (χ4n) is 2.62. The maximum atomic E-state index is 11.6. The molecule has 1 unspecified atom stereocenters. The minimum absolute atomic E-state index is 0. The van der Waals surface area contributed by atoms with Crippen molar-refractivity contribution in [3.63, 3.8) is 0 Å². The molecule has 0 aliphatic carbocycles. The first-order valence-electron chi connectivity index (χ1n) is 9.08. The third kappa shape index (κ3) is 9.05. The minimum atomic E-state index is 0. The predicted octanol–water partition coefficient (Wildman–Crippen LogP) is 1.90. The lowest BCUT2D eigenvalue weighted by atomic mass is 10.2. The molecule has 6 nitrogen and oxygen atoms in total. The largest absolute Gasteiger partial charge is 0.357 e. The van der Waals surface area contributed by atoms with Crippen molar-refractivity contribution in [1.29, 1.82) is 0 Å². The topological polar surface area (TPSA) is 60.0 Å². The van der Waals surface area contributed by atoms with Gasteiger partial charge in [0.2, 0.25) is 5.91 Å². The quantitative estimate of drug-likeness (QED) is 0.230. The fraction of sp³-hybridized carbons (Fsp3) is 0.882. The van der Waals surface area contributed by atoms with Crippen LogP contribution in [0.15, 0.2) is 4.99 Å². The Balaban J connectivity index is 0.00000529. The van der Waals surface area contributed by atoms with E-state index in [1.54, 1.807) is 0 Å². The maximum absolute atomic E-state index is 11.6. The molecule has 1 rings (SSSR count). The second kappa shape index (κ2) is 13.7. The lowest BCUT2D eigenvalue weighted by Crippen LogP contribution is -2.42. The Morgan fingerprint density at radius 2 is 2.12 bits per heavy atom. The van der Waals surface area contributed by atoms with Gasteiger partial charge in [-0.15, -0.1) is 24.0 Å². The summed E-state index contributed by atoms with van der Waals surface area (Å²) in [4.78, 5) is 20.5. The number of amides is 1. The molecule has 1 aliphatic rings. The number of guanidine groups is 1. The lowest BCUT2D eigenvalue weighted by molar-refractivity contribution is -0.127. The van der Waals surface area contributed by atoms with Gasteiger partial charge in [0, 0.05) is 51.7 Å². The van der Waals surface area contributed by atoms with Crippen molar-refractivity contribution in [2.24, 2.45) is 4.99 Å². The summed E-state index contributed by atoms with van der Waals surface area (Å²) in [6, 6.07) is 0.606. The molecule has 1 aliphatic heterocycles. The van der Waals surface area contributed by atoms with E-state index in [0.29, 0.717) is 11.9 Å². The number of nitrogens with one attached hydrogen (secondary N) is 2. The highest BCUT2D eigenvalue weighted by Crippen LogP contribution is 2.09. The second-order valence-corrected chi connectivity index (χ2v) is 6.26. The van der Waals surface area contributed by atoms with E-state index in [1.165, 1.54) is 6.42 Å². The molecule has 0 saturated carbocycles. The van der Waals surface area contributed by atoms with Gasteiger partial charge in [-0.1, -0.05) is 6.92 Å². The number of nitrogens with zero attached hydrogens (tertiary/aromatic N) is 3. The van der Waals surface area contributed by atoms with E-state index >= 15 is 0 Å². The van der Waals surface area contributed by atoms with E-state index in [1.807, 2.05) is 4.90 Å². The van der Waals surface area contributed by atoms with Crippen LogP contribution in [0.2, 0.25) is 0 Å². The smallest absolute Gasteiger partial charge is 0.222 e. The third-order valence-corrected chi connectivity index (χ3v) is 4.47. The fourth-order valence-corrected chi connectivity index (χ4v) is 2.62. The number of aliphatic imine (C=N–C) groups is 1. The third-order valence-electron chi connectivity index (χ3n) is 4.47. The normalized spacial score (nSPS) is 16.3. The molecule has 0 aromatic carbocycles. The lowest BCUT2D eigenvalue weighted by Gasteiger charge is -2.24. The SMILES string of the molecule is CCNC(=NCCCN1CCCC1=O)NCCN(C)C(C)CC.I. The molecule has 142 valence electrons. The van der Waals surface area contributed by atoms with E-state index in [0.717, 1.165) is 64.5 Å². The molecular weight excluding hydrogens is 417 g/mol. The molecule has 0 spiro atoms. The van der Waals surface area contributed by atoms with Crippen LogP contribution in [-0.4, -0.2) is 74.0 Å². The van der Waals surface area contributed by atoms with Crippen LogP contribution in [0.25, 0.3) is 0 Å². The van der Waals surface area contributed by atoms with Crippen molar-refractivity contribution in [3.05, 3.63) is 0 Å². The molecule has 0 aromatic rings. The molecular formula is C17H36IN5O. The zero-order valence-electron chi connectivity index (χ0n) is 15.8. The highest BCUT2D eigenvalue weighted by Gasteiger charge is 2.18. The summed E-state index contributed by atoms with van der Waals surface area (Å²) in [6.07, 6.45) is 3.82. The van der Waals surface area contributed by atoms with Gasteiger partial charge in [-0.3, -0.25) is 9.79 Å². The van der Waals surface area contributed by atoms with Gasteiger partial charge in [-0.2, -0.15) is 0 Å². The zero-order valence-corrected chi connectivity index (χ0v) is 18.1. The van der Waals surface area contributed by atoms with Crippen LogP contribution in [-0.2, 0) is 4.79 Å². The van der Waals surface area contributed by atoms with Crippen LogP contribution in [0.5, 0.6) is 0 Å². The van der Waals surface area contributed by atoms with E-state index in [-0.39, 0.29) is 24.0 Å². The van der Waals surface area contributed by atoms with Crippen molar-refractivity contribution < 1.29 is 4.79 Å². The van der Waals surface area contributed by atoms with E-state index < -0.39 is 0 Å². The molecule has 1 fully saturated rings. The Morgan fingerprint density at radius 1 is 1.38 bits per heavy atom. The van der Waals surface area contributed by atoms with Gasteiger partial charge in [0.05, 0.1) is 0 Å². The number of halogens is 1. The number of hydrogen-bond acceptors (Lipinski definition) is 3. The summed E-state index contributed by atoms with van der Waals surface area (Å²) in [5.41, 5.74) is 0. The van der Waals surface area contributed by atoms with Crippen LogP contribution in [0.1, 0.15) is 46.5 Å². The average molecular weight is 453 g/mol. The molecule has 24 heavy (non-hydrogen) atoms. The summed E-state index contributed by atoms with van der Waals surface area (Å²) in [5, 5.41) is 6.66. The molecule has 0 radical (unpaired) electrons. The summed E-state index contributed by atoms with van der Waals surface area (Å²) >= 11 is 0. The molecule has 1 heterocycles. The first-order valence-corrected chi connectivity index (χ1v) is 9.08. The summed E-state index contributed by atoms with van der Waals surface area (Å²) in [5.74, 6) is 1.17. The van der Waals surface area contributed by atoms with Crippen molar-refractivity contribution in [1.82, 2.24) is 20.4 Å². The molecule has 1 amide bonds. The highest BCUT2D eigenvalue weighted by atomic mass is 127. The average Bonchev–Trinajstić information content (AvgIpc) is 2.95. The van der Waals surface area contributed by atoms with Gasteiger partial charge in [-0.05, 0) is 40.2 Å². The first kappa shape index (κ1) is 23.4. The molecule has 0 aromatic heterocycles. The Kier molecular flexibility index (Phi) is 13.4. The predicted molar refractivity (Wildman–Crippen MR) is 112 cm³/mol. The molecule has 2 N–H and O–H groups in total. The van der Waals surface area contributed by atoms with Gasteiger partial charge in [0.25, 0.3) is 0 Å². The van der Waals surface area contributed by atoms with E-state index in [4.69, 9.17) is 0 Å². The van der Waals surface area contributed by atoms with Crippen LogP contribution >= 0.6 is 24.0 Å². The number of carbonyl (C=O) groups is 1. The van der Waals surface area contributed by atoms with Gasteiger partial charge in [-0.25, -0.2) is 0 Å². The van der Waals surface area contributed by atoms with Crippen molar-refractivity contribution in [2.75, 3.05) is 46.3 Å². The minimum Gasteiger partial charge on any atom is -0.357 e. The summed E-state index contributed by atoms with van der Waals surface area (Å²) in [7, 11) is 2.16. The first-order chi connectivity index (χ1) is 11.1. The molecule has 0 bridgehead atoms. The Morgan fingerprint density at radius 3 is 2.71 bits per heavy atom. The van der Waals surface area contributed by atoms with E-state index in [2.05, 4.69) is 48.3 Å². The molecule has 1 saturated heterocycles. The van der Waals surface area contributed by atoms with Gasteiger partial charge < -0.3 is 20.4 Å². The Bertz CT molecular complexity index is 378. The monoisotopic (exact) mass is 453 g/mol. The number of rotatable bonds is 10. The van der Waals surface area contributed by atoms with Crippen LogP contribution in [0.4, 0.5) is 0 Å². The van der Waals surface area contributed by atoms with Gasteiger partial charge >= 0.3 is 0 Å². The standard InChI is InChI=1S/C17H35N5O.HI/c1-5-15(3)21(4)14-11-20-17(18-6-2)19-10-8-13-22-12-7-9-16(22)23;/h15H,5-14H2,1-4H3,(H2,18,19,20);1H. The number of likely N-dealkylation sites (tertiary alicyclic amines) is 1. The van der Waals surface area contributed by atoms with Gasteiger partial charge in [0.1, 0.15) is 0 Å². The van der Waals surface area contributed by atoms with E-state index in [9.17, 15) is 4.79 Å². The Labute approximate surface area is 164 Å². The second-order valence-electron chi connectivity index (χ2n) is 6.26. The summed E-state index contributed by atoms with van der Waals surface area (Å²) in [6.45, 7) is 11.8. The van der Waals surface area contributed by atoms with Crippen molar-refractivity contribution in [2.45, 2.75) is 52.5 Å². The van der Waals surface area contributed by atoms with Crippen LogP contribution < -0.4 is 10.6 Å². The number of likely N-dealkylation sites (N-methyl/N-ethyl adjacent to an activating group) is 1. The molecule has 1 atom stereocenters. The Hall–Kier alpha value is -0.570. The summed E-state index contributed by atoms with van der Waals surface area (Å²) < 4.78 is 0. The van der Waals surface area contributed by atoms with Crippen LogP contribution in [0.3, 0.4) is 0 Å². The molecule has 7 heteroatoms. The van der Waals surface area contributed by atoms with Crippen molar-refractivity contribution in [3.8, 4) is 0 Å². The van der Waals surface area contributed by atoms with Crippen molar-refractivity contribution >= 4 is 35.8 Å².